The first-order valence-corrected chi connectivity index (χ1v) is 31.7. The van der Waals surface area contributed by atoms with Crippen LogP contribution in [0.1, 0.15) is 278 Å². The van der Waals surface area contributed by atoms with Gasteiger partial charge in [0.05, 0.1) is 0 Å². The monoisotopic (exact) mass is 1060 g/mol. The van der Waals surface area contributed by atoms with Crippen molar-refractivity contribution in [1.29, 1.82) is 0 Å². The summed E-state index contributed by atoms with van der Waals surface area (Å²) in [5, 5.41) is 0. The van der Waals surface area contributed by atoms with E-state index in [4.69, 9.17) is 14.2 Å². The van der Waals surface area contributed by atoms with Crippen LogP contribution in [0.15, 0.2) is 134 Å². The number of carbonyl (C=O) groups excluding carboxylic acids is 3. The molecule has 0 aromatic carbocycles. The van der Waals surface area contributed by atoms with E-state index in [0.29, 0.717) is 19.3 Å². The predicted octanol–water partition coefficient (Wildman–Crippen LogP) is 21.8. The zero-order valence-corrected chi connectivity index (χ0v) is 49.9. The van der Waals surface area contributed by atoms with Gasteiger partial charge in [-0.25, -0.2) is 0 Å². The Bertz CT molecular complexity index is 1650. The lowest BCUT2D eigenvalue weighted by Gasteiger charge is -2.18. The first-order valence-electron chi connectivity index (χ1n) is 31.7. The summed E-state index contributed by atoms with van der Waals surface area (Å²) in [6.45, 7) is 6.24. The van der Waals surface area contributed by atoms with E-state index in [9.17, 15) is 14.4 Å². The van der Waals surface area contributed by atoms with Gasteiger partial charge in [0.15, 0.2) is 6.10 Å². The van der Waals surface area contributed by atoms with E-state index >= 15 is 0 Å². The number of carbonyl (C=O) groups is 3. The van der Waals surface area contributed by atoms with E-state index in [2.05, 4.69) is 148 Å². The van der Waals surface area contributed by atoms with Crippen molar-refractivity contribution >= 4 is 17.9 Å². The van der Waals surface area contributed by atoms with Crippen molar-refractivity contribution in [3.05, 3.63) is 134 Å². The molecular formula is C71H116O6. The van der Waals surface area contributed by atoms with E-state index in [1.54, 1.807) is 0 Å². The molecule has 0 amide bonds. The maximum absolute atomic E-state index is 12.9. The second kappa shape index (κ2) is 64.1. The highest BCUT2D eigenvalue weighted by Crippen LogP contribution is 2.16. The number of hydrogen-bond acceptors (Lipinski definition) is 6. The molecule has 6 heteroatoms. The molecule has 436 valence electrons. The van der Waals surface area contributed by atoms with Crippen LogP contribution >= 0.6 is 0 Å². The molecule has 0 heterocycles. The van der Waals surface area contributed by atoms with Gasteiger partial charge in [-0.15, -0.1) is 0 Å². The van der Waals surface area contributed by atoms with Crippen LogP contribution in [0.2, 0.25) is 0 Å². The van der Waals surface area contributed by atoms with E-state index in [1.807, 2.05) is 6.08 Å². The van der Waals surface area contributed by atoms with Gasteiger partial charge in [-0.3, -0.25) is 14.4 Å². The van der Waals surface area contributed by atoms with Crippen LogP contribution in [0.4, 0.5) is 0 Å². The Kier molecular flexibility index (Phi) is 60.4. The van der Waals surface area contributed by atoms with E-state index < -0.39 is 6.10 Å². The van der Waals surface area contributed by atoms with Gasteiger partial charge in [0.2, 0.25) is 0 Å². The Morgan fingerprint density at radius 1 is 0.260 bits per heavy atom. The number of unbranched alkanes of at least 4 members (excludes halogenated alkanes) is 23. The third kappa shape index (κ3) is 62.3. The average Bonchev–Trinajstić information content (AvgIpc) is 3.43. The van der Waals surface area contributed by atoms with E-state index in [-0.39, 0.29) is 37.5 Å². The SMILES string of the molecule is CC/C=C\C/C=C\C/C=C\C/C=C\CCCCCCCCCCCCCCCCCCC(=O)OCC(COC(=O)CC/C=C\C/C=C\C/C=C\C/C=C\CC)OC(=O)CCCCCCCCC/C=C\C/C=C\C/C=C\CC. The maximum Gasteiger partial charge on any atom is 0.306 e. The Morgan fingerprint density at radius 3 is 0.805 bits per heavy atom. The van der Waals surface area contributed by atoms with Gasteiger partial charge in [0.25, 0.3) is 0 Å². The molecule has 0 aliphatic rings. The van der Waals surface area contributed by atoms with Crippen LogP contribution in [-0.2, 0) is 28.6 Å². The van der Waals surface area contributed by atoms with Crippen molar-refractivity contribution in [2.45, 2.75) is 284 Å². The summed E-state index contributed by atoms with van der Waals surface area (Å²) in [4.78, 5) is 38.2. The Labute approximate surface area is 475 Å². The fourth-order valence-electron chi connectivity index (χ4n) is 8.52. The second-order valence-corrected chi connectivity index (χ2v) is 20.5. The largest absolute Gasteiger partial charge is 0.462 e. The van der Waals surface area contributed by atoms with Crippen molar-refractivity contribution < 1.29 is 28.6 Å². The van der Waals surface area contributed by atoms with E-state index in [0.717, 1.165) is 116 Å². The van der Waals surface area contributed by atoms with Gasteiger partial charge in [-0.1, -0.05) is 276 Å². The first kappa shape index (κ1) is 72.5. The summed E-state index contributed by atoms with van der Waals surface area (Å²) in [5.41, 5.74) is 0. The van der Waals surface area contributed by atoms with Crippen LogP contribution < -0.4 is 0 Å². The molecule has 1 atom stereocenters. The molecular weight excluding hydrogens is 949 g/mol. The lowest BCUT2D eigenvalue weighted by Crippen LogP contribution is -2.30. The zero-order valence-electron chi connectivity index (χ0n) is 49.9. The fraction of sp³-hybridized carbons (Fsp3) is 0.648. The first-order chi connectivity index (χ1) is 38.0. The highest BCUT2D eigenvalue weighted by atomic mass is 16.6. The van der Waals surface area contributed by atoms with Gasteiger partial charge < -0.3 is 14.2 Å². The maximum atomic E-state index is 12.9. The third-order valence-corrected chi connectivity index (χ3v) is 13.1. The molecule has 0 saturated carbocycles. The molecule has 0 fully saturated rings. The van der Waals surface area contributed by atoms with Gasteiger partial charge >= 0.3 is 17.9 Å². The predicted molar refractivity (Wildman–Crippen MR) is 334 cm³/mol. The van der Waals surface area contributed by atoms with Crippen LogP contribution in [0.25, 0.3) is 0 Å². The summed E-state index contributed by atoms with van der Waals surface area (Å²) in [6, 6.07) is 0. The normalized spacial score (nSPS) is 13.0. The summed E-state index contributed by atoms with van der Waals surface area (Å²) < 4.78 is 16.8. The molecule has 77 heavy (non-hydrogen) atoms. The Morgan fingerprint density at radius 2 is 0.494 bits per heavy atom. The molecule has 0 aromatic rings. The quantitative estimate of drug-likeness (QED) is 0.0261. The van der Waals surface area contributed by atoms with Crippen molar-refractivity contribution in [3.8, 4) is 0 Å². The molecule has 0 aliphatic carbocycles. The van der Waals surface area contributed by atoms with Gasteiger partial charge in [0.1, 0.15) is 13.2 Å². The molecule has 1 unspecified atom stereocenters. The molecule has 6 nitrogen and oxygen atoms in total. The molecule has 0 rings (SSSR count). The molecule has 0 radical (unpaired) electrons. The lowest BCUT2D eigenvalue weighted by atomic mass is 10.0. The molecule has 0 aliphatic heterocycles. The number of rotatable bonds is 56. The molecule has 0 saturated heterocycles. The minimum Gasteiger partial charge on any atom is -0.462 e. The minimum absolute atomic E-state index is 0.106. The summed E-state index contributed by atoms with van der Waals surface area (Å²) in [7, 11) is 0. The van der Waals surface area contributed by atoms with Crippen molar-refractivity contribution in [3.63, 3.8) is 0 Å². The average molecular weight is 1070 g/mol. The minimum atomic E-state index is -0.816. The van der Waals surface area contributed by atoms with Crippen LogP contribution in [0.5, 0.6) is 0 Å². The number of esters is 3. The fourth-order valence-corrected chi connectivity index (χ4v) is 8.52. The molecule has 0 bridgehead atoms. The number of hydrogen-bond donors (Lipinski definition) is 0. The lowest BCUT2D eigenvalue weighted by molar-refractivity contribution is -0.166. The zero-order chi connectivity index (χ0) is 55.7. The van der Waals surface area contributed by atoms with Crippen molar-refractivity contribution in [1.82, 2.24) is 0 Å². The van der Waals surface area contributed by atoms with Crippen LogP contribution in [0.3, 0.4) is 0 Å². The van der Waals surface area contributed by atoms with Crippen molar-refractivity contribution in [2.75, 3.05) is 13.2 Å². The summed E-state index contributed by atoms with van der Waals surface area (Å²) in [5.74, 6) is -0.999. The smallest absolute Gasteiger partial charge is 0.306 e. The van der Waals surface area contributed by atoms with Gasteiger partial charge in [-0.05, 0) is 116 Å². The van der Waals surface area contributed by atoms with Gasteiger partial charge in [-0.2, -0.15) is 0 Å². The Balaban J connectivity index is 4.29. The summed E-state index contributed by atoms with van der Waals surface area (Å²) in [6.07, 6.45) is 90.6. The van der Waals surface area contributed by atoms with Crippen LogP contribution in [0, 0.1) is 0 Å². The van der Waals surface area contributed by atoms with E-state index in [1.165, 1.54) is 116 Å². The molecule has 0 spiro atoms. The standard InChI is InChI=1S/C71H116O6/c1-4-7-10-13-16-19-22-25-27-29-30-31-32-33-34-35-36-37-38-39-40-42-43-46-49-52-55-58-61-64-70(73)76-67-68(66-75-69(72)63-60-57-54-51-48-45-24-21-18-15-12-9-6-3)77-71(74)65-62-59-56-53-50-47-44-41-28-26-23-20-17-14-11-8-5-2/h7-12,16-21,25-28,30-31,45,48,54,57,68H,4-6,13-15,22-24,29,32-44,46-47,49-53,55-56,58-67H2,1-3H3/b10-7-,11-8-,12-9-,19-16-,20-17-,21-18-,27-25-,28-26-,31-30-,48-45-,57-54-. The number of ether oxygens (including phenoxy) is 3. The highest BCUT2D eigenvalue weighted by molar-refractivity contribution is 5.71. The van der Waals surface area contributed by atoms with Crippen LogP contribution in [-0.4, -0.2) is 37.2 Å². The topological polar surface area (TPSA) is 78.9 Å². The third-order valence-electron chi connectivity index (χ3n) is 13.1. The summed E-state index contributed by atoms with van der Waals surface area (Å²) >= 11 is 0. The second-order valence-electron chi connectivity index (χ2n) is 20.5. The van der Waals surface area contributed by atoms with Crippen molar-refractivity contribution in [2.24, 2.45) is 0 Å². The number of allylic oxidation sites excluding steroid dienone is 22. The molecule has 0 N–H and O–H groups in total. The molecule has 0 aromatic heterocycles. The Hall–Kier alpha value is -4.45. The van der Waals surface area contributed by atoms with Gasteiger partial charge in [0, 0.05) is 19.3 Å². The highest BCUT2D eigenvalue weighted by Gasteiger charge is 2.19.